The molecule has 1 rings (SSSR count). The molecule has 0 unspecified atom stereocenters. The van der Waals surface area contributed by atoms with Gasteiger partial charge in [0.15, 0.2) is 0 Å². The van der Waals surface area contributed by atoms with Crippen molar-refractivity contribution in [3.05, 3.63) is 28.8 Å². The summed E-state index contributed by atoms with van der Waals surface area (Å²) in [6.45, 7) is 0. The van der Waals surface area contributed by atoms with Crippen molar-refractivity contribution < 1.29 is 14.7 Å². The van der Waals surface area contributed by atoms with Gasteiger partial charge in [-0.2, -0.15) is 11.8 Å². The van der Waals surface area contributed by atoms with Crippen LogP contribution in [-0.2, 0) is 4.79 Å². The van der Waals surface area contributed by atoms with Crippen LogP contribution in [0.15, 0.2) is 18.2 Å². The van der Waals surface area contributed by atoms with Crippen LogP contribution in [0.1, 0.15) is 16.8 Å². The zero-order valence-corrected chi connectivity index (χ0v) is 11.9. The number of benzene rings is 1. The van der Waals surface area contributed by atoms with Crippen LogP contribution in [0.4, 0.5) is 5.69 Å². The third-order valence-corrected chi connectivity index (χ3v) is 3.32. The van der Waals surface area contributed by atoms with E-state index >= 15 is 0 Å². The normalized spacial score (nSPS) is 11.9. The first kappa shape index (κ1) is 15.8. The number of carboxylic acids is 1. The number of aromatic carboxylic acids is 1. The molecule has 1 amide bonds. The Morgan fingerprint density at radius 3 is 2.79 bits per heavy atom. The summed E-state index contributed by atoms with van der Waals surface area (Å²) in [5, 5.41) is 11.8. The second-order valence-corrected chi connectivity index (χ2v) is 5.29. The molecule has 19 heavy (non-hydrogen) atoms. The summed E-state index contributed by atoms with van der Waals surface area (Å²) in [6.07, 6.45) is 2.45. The van der Waals surface area contributed by atoms with Gasteiger partial charge in [0.1, 0.15) is 0 Å². The molecule has 0 saturated carbocycles. The van der Waals surface area contributed by atoms with Gasteiger partial charge in [-0.25, -0.2) is 4.79 Å². The number of thioether (sulfide) groups is 1. The summed E-state index contributed by atoms with van der Waals surface area (Å²) in [7, 11) is 0. The lowest BCUT2D eigenvalue weighted by Crippen LogP contribution is -2.36. The lowest BCUT2D eigenvalue weighted by molar-refractivity contribution is -0.117. The molecular formula is C12H15ClN2O3S. The van der Waals surface area contributed by atoms with Crippen LogP contribution in [0, 0.1) is 0 Å². The van der Waals surface area contributed by atoms with Gasteiger partial charge in [0.05, 0.1) is 17.3 Å². The van der Waals surface area contributed by atoms with Crippen molar-refractivity contribution in [1.82, 2.24) is 0 Å². The Bertz CT molecular complexity index is 482. The number of hydrogen-bond acceptors (Lipinski definition) is 4. The molecule has 0 aliphatic heterocycles. The fourth-order valence-electron chi connectivity index (χ4n) is 1.40. The maximum Gasteiger partial charge on any atom is 0.337 e. The predicted molar refractivity (Wildman–Crippen MR) is 78.0 cm³/mol. The third kappa shape index (κ3) is 4.74. The number of halogens is 1. The lowest BCUT2D eigenvalue weighted by atomic mass is 10.1. The van der Waals surface area contributed by atoms with Gasteiger partial charge in [0.2, 0.25) is 5.91 Å². The van der Waals surface area contributed by atoms with Crippen molar-refractivity contribution in [3.63, 3.8) is 0 Å². The Kier molecular flexibility index (Phi) is 6.14. The van der Waals surface area contributed by atoms with E-state index in [-0.39, 0.29) is 11.3 Å². The van der Waals surface area contributed by atoms with Gasteiger partial charge in [-0.1, -0.05) is 11.6 Å². The second-order valence-electron chi connectivity index (χ2n) is 3.87. The van der Waals surface area contributed by atoms with E-state index in [2.05, 4.69) is 5.32 Å². The standard InChI is InChI=1S/C12H15ClN2O3S/c1-19-5-4-9(14)11(16)15-10-3-2-7(13)6-8(10)12(17)18/h2-3,6,9H,4-5,14H2,1H3,(H,15,16)(H,17,18)/t9-/m0/s1. The minimum absolute atomic E-state index is 0.0575. The van der Waals surface area contributed by atoms with Gasteiger partial charge in [0.25, 0.3) is 0 Å². The van der Waals surface area contributed by atoms with E-state index < -0.39 is 17.9 Å². The van der Waals surface area contributed by atoms with Crippen molar-refractivity contribution in [2.75, 3.05) is 17.3 Å². The van der Waals surface area contributed by atoms with Crippen LogP contribution in [-0.4, -0.2) is 35.0 Å². The summed E-state index contributed by atoms with van der Waals surface area (Å²) in [6, 6.07) is 3.58. The van der Waals surface area contributed by atoms with Crippen molar-refractivity contribution in [1.29, 1.82) is 0 Å². The number of amides is 1. The predicted octanol–water partition coefficient (Wildman–Crippen LogP) is 2.06. The Balaban J connectivity index is 2.81. The molecule has 0 bridgehead atoms. The molecule has 7 heteroatoms. The SMILES string of the molecule is CSCC[C@H](N)C(=O)Nc1ccc(Cl)cc1C(=O)O. The minimum atomic E-state index is -1.16. The molecular weight excluding hydrogens is 288 g/mol. The summed E-state index contributed by atoms with van der Waals surface area (Å²) in [5.41, 5.74) is 5.85. The third-order valence-electron chi connectivity index (χ3n) is 2.44. The van der Waals surface area contributed by atoms with Crippen LogP contribution in [0.5, 0.6) is 0 Å². The van der Waals surface area contributed by atoms with Crippen molar-refractivity contribution in [3.8, 4) is 0 Å². The smallest absolute Gasteiger partial charge is 0.337 e. The van der Waals surface area contributed by atoms with E-state index in [0.29, 0.717) is 11.4 Å². The van der Waals surface area contributed by atoms with Crippen LogP contribution >= 0.6 is 23.4 Å². The van der Waals surface area contributed by atoms with E-state index in [9.17, 15) is 9.59 Å². The maximum absolute atomic E-state index is 11.8. The van der Waals surface area contributed by atoms with Crippen LogP contribution in [0.25, 0.3) is 0 Å². The molecule has 1 atom stereocenters. The van der Waals surface area contributed by atoms with Gasteiger partial charge in [0, 0.05) is 5.02 Å². The highest BCUT2D eigenvalue weighted by Gasteiger charge is 2.17. The molecule has 5 nitrogen and oxygen atoms in total. The minimum Gasteiger partial charge on any atom is -0.478 e. The fraction of sp³-hybridized carbons (Fsp3) is 0.333. The highest BCUT2D eigenvalue weighted by molar-refractivity contribution is 7.98. The second kappa shape index (κ2) is 7.37. The summed E-state index contributed by atoms with van der Waals surface area (Å²) in [5.74, 6) is -0.796. The first-order chi connectivity index (χ1) is 8.95. The molecule has 0 saturated heterocycles. The van der Waals surface area contributed by atoms with E-state index in [0.717, 1.165) is 5.75 Å². The molecule has 0 fully saturated rings. The monoisotopic (exact) mass is 302 g/mol. The molecule has 0 radical (unpaired) electrons. The molecule has 0 aliphatic carbocycles. The van der Waals surface area contributed by atoms with Crippen molar-refractivity contribution >= 4 is 40.9 Å². The maximum atomic E-state index is 11.8. The molecule has 4 N–H and O–H groups in total. The first-order valence-electron chi connectivity index (χ1n) is 5.54. The number of nitrogens with one attached hydrogen (secondary N) is 1. The van der Waals surface area contributed by atoms with E-state index in [4.69, 9.17) is 22.4 Å². The van der Waals surface area contributed by atoms with E-state index in [1.165, 1.54) is 18.2 Å². The molecule has 1 aromatic rings. The lowest BCUT2D eigenvalue weighted by Gasteiger charge is -2.13. The molecule has 0 aliphatic rings. The average Bonchev–Trinajstić information content (AvgIpc) is 2.37. The van der Waals surface area contributed by atoms with Crippen molar-refractivity contribution in [2.24, 2.45) is 5.73 Å². The zero-order chi connectivity index (χ0) is 14.4. The fourth-order valence-corrected chi connectivity index (χ4v) is 2.07. The van der Waals surface area contributed by atoms with Gasteiger partial charge >= 0.3 is 5.97 Å². The largest absolute Gasteiger partial charge is 0.478 e. The Morgan fingerprint density at radius 1 is 1.53 bits per heavy atom. The molecule has 0 spiro atoms. The Hall–Kier alpha value is -1.24. The molecule has 0 aromatic heterocycles. The van der Waals surface area contributed by atoms with Crippen molar-refractivity contribution in [2.45, 2.75) is 12.5 Å². The van der Waals surface area contributed by atoms with E-state index in [1.807, 2.05) is 6.26 Å². The van der Waals surface area contributed by atoms with Crippen LogP contribution < -0.4 is 11.1 Å². The van der Waals surface area contributed by atoms with Gasteiger partial charge in [-0.3, -0.25) is 4.79 Å². The van der Waals surface area contributed by atoms with E-state index in [1.54, 1.807) is 11.8 Å². The highest BCUT2D eigenvalue weighted by Crippen LogP contribution is 2.21. The zero-order valence-electron chi connectivity index (χ0n) is 10.4. The number of carbonyl (C=O) groups excluding carboxylic acids is 1. The first-order valence-corrected chi connectivity index (χ1v) is 7.31. The van der Waals surface area contributed by atoms with Crippen LogP contribution in [0.3, 0.4) is 0 Å². The number of rotatable bonds is 6. The molecule has 0 heterocycles. The average molecular weight is 303 g/mol. The summed E-state index contributed by atoms with van der Waals surface area (Å²) in [4.78, 5) is 22.9. The number of anilines is 1. The Labute approximate surface area is 120 Å². The van der Waals surface area contributed by atoms with Gasteiger partial charge in [-0.15, -0.1) is 0 Å². The van der Waals surface area contributed by atoms with Crippen LogP contribution in [0.2, 0.25) is 5.02 Å². The topological polar surface area (TPSA) is 92.4 Å². The Morgan fingerprint density at radius 2 is 2.21 bits per heavy atom. The molecule has 1 aromatic carbocycles. The van der Waals surface area contributed by atoms with Gasteiger partial charge < -0.3 is 16.2 Å². The number of carboxylic acid groups (broad SMARTS) is 1. The summed E-state index contributed by atoms with van der Waals surface area (Å²) >= 11 is 7.32. The number of hydrogen-bond donors (Lipinski definition) is 3. The number of nitrogens with two attached hydrogens (primary N) is 1. The quantitative estimate of drug-likeness (QED) is 0.748. The summed E-state index contributed by atoms with van der Waals surface area (Å²) < 4.78 is 0. The number of carbonyl (C=O) groups is 2. The van der Waals surface area contributed by atoms with Gasteiger partial charge in [-0.05, 0) is 36.6 Å². The highest BCUT2D eigenvalue weighted by atomic mass is 35.5. The molecule has 104 valence electrons.